The van der Waals surface area contributed by atoms with Crippen LogP contribution >= 0.6 is 0 Å². The molecular formula is C17H16N2O2. The Morgan fingerprint density at radius 2 is 2.00 bits per heavy atom. The van der Waals surface area contributed by atoms with Crippen molar-refractivity contribution in [3.8, 4) is 5.75 Å². The Morgan fingerprint density at radius 1 is 1.14 bits per heavy atom. The monoisotopic (exact) mass is 280 g/mol. The molecule has 1 aromatic heterocycles. The van der Waals surface area contributed by atoms with Gasteiger partial charge in [0.2, 0.25) is 5.89 Å². The number of aromatic nitrogens is 1. The number of hydrogen-bond donors (Lipinski definition) is 1. The largest absolute Gasteiger partial charge is 0.494 e. The number of oxazole rings is 1. The molecule has 4 heteroatoms. The maximum atomic E-state index is 5.91. The van der Waals surface area contributed by atoms with E-state index in [-0.39, 0.29) is 6.04 Å². The van der Waals surface area contributed by atoms with Gasteiger partial charge in [-0.2, -0.15) is 0 Å². The average Bonchev–Trinajstić information content (AvgIpc) is 2.98. The highest BCUT2D eigenvalue weighted by Crippen LogP contribution is 2.31. The number of nitrogens with one attached hydrogen (secondary N) is 1. The van der Waals surface area contributed by atoms with Gasteiger partial charge in [-0.15, -0.1) is 0 Å². The molecule has 2 aromatic carbocycles. The summed E-state index contributed by atoms with van der Waals surface area (Å²) in [6.45, 7) is 0.844. The van der Waals surface area contributed by atoms with E-state index in [0.29, 0.717) is 0 Å². The highest BCUT2D eigenvalue weighted by Gasteiger charge is 2.24. The van der Waals surface area contributed by atoms with Crippen LogP contribution < -0.4 is 10.1 Å². The van der Waals surface area contributed by atoms with Crippen molar-refractivity contribution in [2.24, 2.45) is 0 Å². The summed E-state index contributed by atoms with van der Waals surface area (Å²) in [4.78, 5) is 4.63. The summed E-state index contributed by atoms with van der Waals surface area (Å²) < 4.78 is 11.3. The molecule has 4 rings (SSSR count). The second-order valence-corrected chi connectivity index (χ2v) is 5.27. The van der Waals surface area contributed by atoms with Crippen LogP contribution in [-0.2, 0) is 13.0 Å². The van der Waals surface area contributed by atoms with E-state index in [9.17, 15) is 0 Å². The van der Waals surface area contributed by atoms with Crippen molar-refractivity contribution in [1.29, 1.82) is 0 Å². The lowest BCUT2D eigenvalue weighted by atomic mass is 9.96. The molecule has 3 aromatic rings. The van der Waals surface area contributed by atoms with E-state index in [0.717, 1.165) is 35.7 Å². The Balaban J connectivity index is 1.72. The number of para-hydroxylation sites is 1. The third-order valence-electron chi connectivity index (χ3n) is 4.00. The van der Waals surface area contributed by atoms with E-state index < -0.39 is 0 Å². The Bertz CT molecular complexity index is 794. The van der Waals surface area contributed by atoms with Gasteiger partial charge in [0.15, 0.2) is 11.1 Å². The molecule has 0 fully saturated rings. The van der Waals surface area contributed by atoms with E-state index in [1.165, 1.54) is 11.1 Å². The molecule has 4 nitrogen and oxygen atoms in total. The number of hydrogen-bond acceptors (Lipinski definition) is 4. The fraction of sp³-hybridized carbons (Fsp3) is 0.235. The number of benzene rings is 2. The second-order valence-electron chi connectivity index (χ2n) is 5.27. The minimum Gasteiger partial charge on any atom is -0.494 e. The highest BCUT2D eigenvalue weighted by atomic mass is 16.5. The van der Waals surface area contributed by atoms with Gasteiger partial charge in [0.25, 0.3) is 0 Å². The first-order chi connectivity index (χ1) is 10.3. The summed E-state index contributed by atoms with van der Waals surface area (Å²) >= 11 is 0. The lowest BCUT2D eigenvalue weighted by molar-refractivity contribution is 0.395. The van der Waals surface area contributed by atoms with Gasteiger partial charge in [-0.3, -0.25) is 0 Å². The van der Waals surface area contributed by atoms with E-state index >= 15 is 0 Å². The van der Waals surface area contributed by atoms with Crippen molar-refractivity contribution in [3.05, 3.63) is 59.5 Å². The molecule has 1 unspecified atom stereocenters. The molecule has 1 aliphatic rings. The Labute approximate surface area is 122 Å². The van der Waals surface area contributed by atoms with Crippen molar-refractivity contribution in [3.63, 3.8) is 0 Å². The second kappa shape index (κ2) is 4.90. The third kappa shape index (κ3) is 2.08. The van der Waals surface area contributed by atoms with Gasteiger partial charge in [0.05, 0.1) is 13.2 Å². The standard InChI is InChI=1S/C17H16N2O2/c1-20-14-7-4-8-15-16(14)19-17(21-15)13-9-11-5-2-3-6-12(11)10-18-13/h2-8,13,18H,9-10H2,1H3. The summed E-state index contributed by atoms with van der Waals surface area (Å²) in [6.07, 6.45) is 0.894. The lowest BCUT2D eigenvalue weighted by Crippen LogP contribution is -2.28. The van der Waals surface area contributed by atoms with Gasteiger partial charge in [0, 0.05) is 6.54 Å². The van der Waals surface area contributed by atoms with Crippen LogP contribution in [0.1, 0.15) is 23.1 Å². The number of ether oxygens (including phenoxy) is 1. The van der Waals surface area contributed by atoms with Crippen LogP contribution in [0.5, 0.6) is 5.75 Å². The van der Waals surface area contributed by atoms with Crippen LogP contribution in [0.25, 0.3) is 11.1 Å². The molecule has 0 aliphatic carbocycles. The first-order valence-electron chi connectivity index (χ1n) is 7.09. The quantitative estimate of drug-likeness (QED) is 0.783. The minimum atomic E-state index is 0.108. The first kappa shape index (κ1) is 12.4. The van der Waals surface area contributed by atoms with Gasteiger partial charge in [-0.1, -0.05) is 30.3 Å². The number of methoxy groups -OCH3 is 1. The van der Waals surface area contributed by atoms with Crippen LogP contribution in [0, 0.1) is 0 Å². The van der Waals surface area contributed by atoms with Crippen LogP contribution in [0.4, 0.5) is 0 Å². The molecule has 106 valence electrons. The zero-order chi connectivity index (χ0) is 14.2. The Hall–Kier alpha value is -2.33. The molecule has 0 bridgehead atoms. The van der Waals surface area contributed by atoms with Gasteiger partial charge < -0.3 is 14.5 Å². The number of nitrogens with zero attached hydrogens (tertiary/aromatic N) is 1. The van der Waals surface area contributed by atoms with E-state index in [1.807, 2.05) is 18.2 Å². The maximum Gasteiger partial charge on any atom is 0.213 e. The van der Waals surface area contributed by atoms with Crippen molar-refractivity contribution in [1.82, 2.24) is 10.3 Å². The van der Waals surface area contributed by atoms with Crippen LogP contribution in [0.2, 0.25) is 0 Å². The summed E-state index contributed by atoms with van der Waals surface area (Å²) in [5, 5.41) is 3.49. The number of fused-ring (bicyclic) bond motifs is 2. The molecule has 21 heavy (non-hydrogen) atoms. The van der Waals surface area contributed by atoms with Gasteiger partial charge in [-0.25, -0.2) is 4.98 Å². The molecule has 0 spiro atoms. The predicted octanol–water partition coefficient (Wildman–Crippen LogP) is 3.22. The van der Waals surface area contributed by atoms with Crippen LogP contribution in [0.3, 0.4) is 0 Å². The van der Waals surface area contributed by atoms with E-state index in [2.05, 4.69) is 34.6 Å². The predicted molar refractivity (Wildman–Crippen MR) is 80.3 cm³/mol. The summed E-state index contributed by atoms with van der Waals surface area (Å²) in [7, 11) is 1.65. The molecule has 1 N–H and O–H groups in total. The van der Waals surface area contributed by atoms with Gasteiger partial charge >= 0.3 is 0 Å². The van der Waals surface area contributed by atoms with Crippen molar-refractivity contribution in [2.45, 2.75) is 19.0 Å². The molecule has 2 heterocycles. The van der Waals surface area contributed by atoms with Crippen molar-refractivity contribution in [2.75, 3.05) is 7.11 Å². The minimum absolute atomic E-state index is 0.108. The van der Waals surface area contributed by atoms with Gasteiger partial charge in [0.1, 0.15) is 5.75 Å². The first-order valence-corrected chi connectivity index (χ1v) is 7.09. The maximum absolute atomic E-state index is 5.91. The molecule has 0 saturated heterocycles. The fourth-order valence-corrected chi connectivity index (χ4v) is 2.88. The highest BCUT2D eigenvalue weighted by molar-refractivity contribution is 5.79. The van der Waals surface area contributed by atoms with Crippen molar-refractivity contribution >= 4 is 11.1 Å². The normalized spacial score (nSPS) is 17.7. The fourth-order valence-electron chi connectivity index (χ4n) is 2.88. The van der Waals surface area contributed by atoms with E-state index in [1.54, 1.807) is 7.11 Å². The Kier molecular flexibility index (Phi) is 2.89. The van der Waals surface area contributed by atoms with Crippen LogP contribution in [0.15, 0.2) is 46.9 Å². The topological polar surface area (TPSA) is 47.3 Å². The average molecular weight is 280 g/mol. The Morgan fingerprint density at radius 3 is 2.86 bits per heavy atom. The molecule has 1 atom stereocenters. The summed E-state index contributed by atoms with van der Waals surface area (Å²) in [5.74, 6) is 1.47. The SMILES string of the molecule is COc1cccc2oc(C3Cc4ccccc4CN3)nc12. The summed E-state index contributed by atoms with van der Waals surface area (Å²) in [6, 6.07) is 14.3. The van der Waals surface area contributed by atoms with Crippen LogP contribution in [-0.4, -0.2) is 12.1 Å². The van der Waals surface area contributed by atoms with Crippen molar-refractivity contribution < 1.29 is 9.15 Å². The summed E-state index contributed by atoms with van der Waals surface area (Å²) in [5.41, 5.74) is 4.26. The molecule has 0 amide bonds. The molecule has 0 saturated carbocycles. The molecule has 1 aliphatic heterocycles. The third-order valence-corrected chi connectivity index (χ3v) is 4.00. The lowest BCUT2D eigenvalue weighted by Gasteiger charge is -2.23. The molecular weight excluding hydrogens is 264 g/mol. The zero-order valence-electron chi connectivity index (χ0n) is 11.8. The van der Waals surface area contributed by atoms with E-state index in [4.69, 9.17) is 9.15 Å². The number of rotatable bonds is 2. The molecule has 0 radical (unpaired) electrons. The van der Waals surface area contributed by atoms with Gasteiger partial charge in [-0.05, 0) is 29.7 Å². The smallest absolute Gasteiger partial charge is 0.213 e. The zero-order valence-corrected chi connectivity index (χ0v) is 11.8.